The van der Waals surface area contributed by atoms with E-state index in [1.165, 1.54) is 32.7 Å². The maximum Gasteiger partial charge on any atom is 0.408 e. The van der Waals surface area contributed by atoms with E-state index in [4.69, 9.17) is 23.7 Å². The normalized spacial score (nSPS) is 21.9. The molecule has 0 fully saturated rings. The lowest BCUT2D eigenvalue weighted by molar-refractivity contribution is -0.160. The highest BCUT2D eigenvalue weighted by Gasteiger charge is 2.32. The van der Waals surface area contributed by atoms with Gasteiger partial charge in [-0.05, 0) is 32.9 Å². The van der Waals surface area contributed by atoms with Gasteiger partial charge in [-0.3, -0.25) is 9.59 Å². The van der Waals surface area contributed by atoms with Crippen molar-refractivity contribution in [1.29, 1.82) is 0 Å². The van der Waals surface area contributed by atoms with Crippen molar-refractivity contribution in [1.82, 2.24) is 5.32 Å². The first-order chi connectivity index (χ1) is 13.9. The summed E-state index contributed by atoms with van der Waals surface area (Å²) >= 11 is 1.21. The molecule has 10 nitrogen and oxygen atoms in total. The van der Waals surface area contributed by atoms with Crippen molar-refractivity contribution in [2.24, 2.45) is 0 Å². The van der Waals surface area contributed by atoms with Crippen molar-refractivity contribution in [3.8, 4) is 0 Å². The standard InChI is InChI=1S/C19H29NO9S/c1-11(21)26-9-15-14(27-12(2)22)7-8-16(28-15)30-10-13(17(23)25-6)20-18(24)29-19(3,4)5/h7-8,13-16H,9-10H2,1-6H3,(H,20,24)/t13?,14-,15?,16-/m0/s1. The second-order valence-corrected chi connectivity index (χ2v) is 8.49. The third-order valence-electron chi connectivity index (χ3n) is 3.49. The fourth-order valence-corrected chi connectivity index (χ4v) is 3.33. The molecule has 0 spiro atoms. The van der Waals surface area contributed by atoms with E-state index in [0.29, 0.717) is 0 Å². The van der Waals surface area contributed by atoms with Crippen LogP contribution in [-0.4, -0.2) is 72.8 Å². The van der Waals surface area contributed by atoms with Gasteiger partial charge in [0.1, 0.15) is 35.9 Å². The Bertz CT molecular complexity index is 659. The van der Waals surface area contributed by atoms with E-state index in [2.05, 4.69) is 5.32 Å². The number of rotatable bonds is 8. The van der Waals surface area contributed by atoms with Crippen LogP contribution in [0.1, 0.15) is 34.6 Å². The number of esters is 3. The molecule has 170 valence electrons. The van der Waals surface area contributed by atoms with Crippen molar-refractivity contribution in [2.45, 2.75) is 63.9 Å². The Morgan fingerprint density at radius 2 is 1.80 bits per heavy atom. The van der Waals surface area contributed by atoms with Crippen LogP contribution in [-0.2, 0) is 38.1 Å². The number of nitrogens with one attached hydrogen (secondary N) is 1. The third kappa shape index (κ3) is 9.97. The minimum Gasteiger partial charge on any atom is -0.467 e. The molecule has 4 atom stereocenters. The third-order valence-corrected chi connectivity index (χ3v) is 4.61. The van der Waals surface area contributed by atoms with Crippen LogP contribution >= 0.6 is 11.8 Å². The number of carbonyl (C=O) groups excluding carboxylic acids is 4. The summed E-state index contributed by atoms with van der Waals surface area (Å²) in [6.45, 7) is 7.54. The molecular weight excluding hydrogens is 418 g/mol. The summed E-state index contributed by atoms with van der Waals surface area (Å²) in [6, 6.07) is -0.968. The van der Waals surface area contributed by atoms with Crippen LogP contribution in [0.4, 0.5) is 4.79 Å². The molecule has 0 radical (unpaired) electrons. The Morgan fingerprint density at radius 3 is 2.33 bits per heavy atom. The van der Waals surface area contributed by atoms with Crippen LogP contribution < -0.4 is 5.32 Å². The maximum absolute atomic E-state index is 12.0. The smallest absolute Gasteiger partial charge is 0.408 e. The lowest BCUT2D eigenvalue weighted by Gasteiger charge is -2.31. The molecule has 11 heteroatoms. The second kappa shape index (κ2) is 11.8. The van der Waals surface area contributed by atoms with Crippen LogP contribution in [0, 0.1) is 0 Å². The molecule has 0 aromatic heterocycles. The highest BCUT2D eigenvalue weighted by Crippen LogP contribution is 2.25. The number of hydrogen-bond donors (Lipinski definition) is 1. The van der Waals surface area contributed by atoms with Crippen LogP contribution in [0.15, 0.2) is 12.2 Å². The van der Waals surface area contributed by atoms with Gasteiger partial charge in [0.25, 0.3) is 0 Å². The summed E-state index contributed by atoms with van der Waals surface area (Å²) < 4.78 is 25.9. The molecule has 0 aromatic rings. The Hall–Kier alpha value is -2.27. The van der Waals surface area contributed by atoms with Crippen molar-refractivity contribution in [2.75, 3.05) is 19.5 Å². The van der Waals surface area contributed by atoms with Crippen molar-refractivity contribution in [3.05, 3.63) is 12.2 Å². The molecule has 1 heterocycles. The van der Waals surface area contributed by atoms with Gasteiger partial charge < -0.3 is 29.0 Å². The summed E-state index contributed by atoms with van der Waals surface area (Å²) in [5.41, 5.74) is -1.26. The zero-order chi connectivity index (χ0) is 22.9. The number of amides is 1. The largest absolute Gasteiger partial charge is 0.467 e. The maximum atomic E-state index is 12.0. The van der Waals surface area contributed by atoms with Crippen LogP contribution in [0.2, 0.25) is 0 Å². The first-order valence-corrected chi connectivity index (χ1v) is 10.3. The van der Waals surface area contributed by atoms with Gasteiger partial charge in [0.2, 0.25) is 0 Å². The molecule has 1 N–H and O–H groups in total. The van der Waals surface area contributed by atoms with Crippen molar-refractivity contribution >= 4 is 35.8 Å². The summed E-state index contributed by atoms with van der Waals surface area (Å²) in [5.74, 6) is -1.51. The van der Waals surface area contributed by atoms with E-state index >= 15 is 0 Å². The van der Waals surface area contributed by atoms with Gasteiger partial charge in [0.05, 0.1) is 7.11 Å². The van der Waals surface area contributed by atoms with Gasteiger partial charge in [-0.15, -0.1) is 11.8 Å². The number of hydrogen-bond acceptors (Lipinski definition) is 10. The summed E-state index contributed by atoms with van der Waals surface area (Å²) in [6.07, 6.45) is 1.11. The average Bonchev–Trinajstić information content (AvgIpc) is 2.62. The molecule has 30 heavy (non-hydrogen) atoms. The second-order valence-electron chi connectivity index (χ2n) is 7.36. The predicted molar refractivity (Wildman–Crippen MR) is 108 cm³/mol. The number of thioether (sulfide) groups is 1. The fraction of sp³-hybridized carbons (Fsp3) is 0.684. The lowest BCUT2D eigenvalue weighted by atomic mass is 10.1. The predicted octanol–water partition coefficient (Wildman–Crippen LogP) is 1.56. The van der Waals surface area contributed by atoms with Crippen molar-refractivity contribution < 1.29 is 42.9 Å². The number of carbonyl (C=O) groups is 4. The number of methoxy groups -OCH3 is 1. The minimum atomic E-state index is -0.968. The van der Waals surface area contributed by atoms with E-state index in [1.54, 1.807) is 32.9 Å². The Labute approximate surface area is 179 Å². The molecule has 2 unspecified atom stereocenters. The molecule has 0 aliphatic carbocycles. The van der Waals surface area contributed by atoms with E-state index in [0.717, 1.165) is 0 Å². The highest BCUT2D eigenvalue weighted by atomic mass is 32.2. The first kappa shape index (κ1) is 25.8. The molecule has 1 rings (SSSR count). The van der Waals surface area contributed by atoms with E-state index in [1.807, 2.05) is 0 Å². The van der Waals surface area contributed by atoms with Crippen LogP contribution in [0.3, 0.4) is 0 Å². The molecule has 0 bridgehead atoms. The van der Waals surface area contributed by atoms with Gasteiger partial charge in [0.15, 0.2) is 0 Å². The first-order valence-electron chi connectivity index (χ1n) is 9.24. The van der Waals surface area contributed by atoms with E-state index in [-0.39, 0.29) is 12.4 Å². The Kier molecular flexibility index (Phi) is 10.1. The number of ether oxygens (including phenoxy) is 5. The molecule has 0 saturated carbocycles. The molecule has 1 aliphatic rings. The Balaban J connectivity index is 2.75. The molecule has 0 aromatic carbocycles. The molecule has 1 amide bonds. The quantitative estimate of drug-likeness (QED) is 0.333. The van der Waals surface area contributed by atoms with Crippen LogP contribution in [0.25, 0.3) is 0 Å². The summed E-state index contributed by atoms with van der Waals surface area (Å²) in [7, 11) is 1.21. The monoisotopic (exact) mass is 447 g/mol. The van der Waals surface area contributed by atoms with E-state index in [9.17, 15) is 19.2 Å². The highest BCUT2D eigenvalue weighted by molar-refractivity contribution is 8.00. The molecule has 1 aliphatic heterocycles. The zero-order valence-electron chi connectivity index (χ0n) is 18.0. The summed E-state index contributed by atoms with van der Waals surface area (Å²) in [4.78, 5) is 46.4. The SMILES string of the molecule is COC(=O)C(CS[C@H]1C=C[C@H](OC(C)=O)C(COC(C)=O)O1)NC(=O)OC(C)(C)C. The topological polar surface area (TPSA) is 126 Å². The van der Waals surface area contributed by atoms with Crippen molar-refractivity contribution in [3.63, 3.8) is 0 Å². The Morgan fingerprint density at radius 1 is 1.13 bits per heavy atom. The summed E-state index contributed by atoms with van der Waals surface area (Å²) in [5, 5.41) is 2.48. The average molecular weight is 448 g/mol. The minimum absolute atomic E-state index is 0.106. The lowest BCUT2D eigenvalue weighted by Crippen LogP contribution is -2.46. The van der Waals surface area contributed by atoms with Gasteiger partial charge in [-0.1, -0.05) is 0 Å². The van der Waals surface area contributed by atoms with Gasteiger partial charge >= 0.3 is 24.0 Å². The van der Waals surface area contributed by atoms with E-state index < -0.39 is 53.3 Å². The number of alkyl carbamates (subject to hydrolysis) is 1. The molecular formula is C19H29NO9S. The van der Waals surface area contributed by atoms with Crippen LogP contribution in [0.5, 0.6) is 0 Å². The fourth-order valence-electron chi connectivity index (χ4n) is 2.31. The van der Waals surface area contributed by atoms with Gasteiger partial charge in [-0.2, -0.15) is 0 Å². The van der Waals surface area contributed by atoms with Gasteiger partial charge in [0, 0.05) is 19.6 Å². The van der Waals surface area contributed by atoms with Gasteiger partial charge in [-0.25, -0.2) is 9.59 Å². The zero-order valence-corrected chi connectivity index (χ0v) is 18.8. The molecule has 0 saturated heterocycles.